The van der Waals surface area contributed by atoms with E-state index in [1.54, 1.807) is 18.3 Å². The Hall–Kier alpha value is -2.11. The van der Waals surface area contributed by atoms with Gasteiger partial charge in [0.2, 0.25) is 0 Å². The van der Waals surface area contributed by atoms with Gasteiger partial charge in [-0.3, -0.25) is 0 Å². The maximum Gasteiger partial charge on any atom is 0.268 e. The van der Waals surface area contributed by atoms with Crippen LogP contribution in [-0.4, -0.2) is 37.4 Å². The van der Waals surface area contributed by atoms with Crippen molar-refractivity contribution in [3.05, 3.63) is 65.4 Å². The molecule has 1 aliphatic rings. The molecular formula is C21H24N2O2S. The zero-order valence-corrected chi connectivity index (χ0v) is 16.3. The molecule has 0 N–H and O–H groups in total. The highest BCUT2D eigenvalue weighted by Crippen LogP contribution is 2.32. The van der Waals surface area contributed by atoms with Gasteiger partial charge in [0.05, 0.1) is 10.4 Å². The topological polar surface area (TPSA) is 42.3 Å². The van der Waals surface area contributed by atoms with E-state index in [1.165, 1.54) is 15.1 Å². The number of aromatic nitrogens is 1. The highest BCUT2D eigenvalue weighted by Gasteiger charge is 2.25. The maximum atomic E-state index is 13.1. The molecule has 1 heterocycles. The standard InChI is InChI=1S/C21H24N2O2S/c1-15-4-9-18(10-5-15)26(24,25)23-13-12-19-20-14-17(22(2)3)8-6-16(20)7-11-21(19)23/h4-5,7,9-13,17H,6,8,14H2,1-3H3. The molecule has 2 aromatic carbocycles. The van der Waals surface area contributed by atoms with Crippen molar-refractivity contribution in [1.29, 1.82) is 0 Å². The van der Waals surface area contributed by atoms with Gasteiger partial charge >= 0.3 is 0 Å². The highest BCUT2D eigenvalue weighted by atomic mass is 32.2. The lowest BCUT2D eigenvalue weighted by molar-refractivity contribution is 0.269. The second-order valence-electron chi connectivity index (χ2n) is 7.43. The first-order chi connectivity index (χ1) is 12.4. The SMILES string of the molecule is Cc1ccc(S(=O)(=O)n2ccc3c4c(ccc32)CCC(N(C)C)C4)cc1. The first kappa shape index (κ1) is 17.3. The molecule has 136 valence electrons. The monoisotopic (exact) mass is 368 g/mol. The van der Waals surface area contributed by atoms with Crippen LogP contribution in [0.3, 0.4) is 0 Å². The molecule has 5 heteroatoms. The molecule has 1 aliphatic carbocycles. The van der Waals surface area contributed by atoms with Crippen molar-refractivity contribution in [3.63, 3.8) is 0 Å². The summed E-state index contributed by atoms with van der Waals surface area (Å²) in [5.41, 5.74) is 4.46. The number of fused-ring (bicyclic) bond motifs is 3. The van der Waals surface area contributed by atoms with Gasteiger partial charge in [0.15, 0.2) is 0 Å². The van der Waals surface area contributed by atoms with E-state index in [9.17, 15) is 8.42 Å². The minimum Gasteiger partial charge on any atom is -0.306 e. The Morgan fingerprint density at radius 1 is 1.04 bits per heavy atom. The maximum absolute atomic E-state index is 13.1. The van der Waals surface area contributed by atoms with Crippen molar-refractivity contribution in [3.8, 4) is 0 Å². The molecule has 26 heavy (non-hydrogen) atoms. The number of hydrogen-bond acceptors (Lipinski definition) is 3. The highest BCUT2D eigenvalue weighted by molar-refractivity contribution is 7.90. The van der Waals surface area contributed by atoms with Gasteiger partial charge in [-0.2, -0.15) is 0 Å². The van der Waals surface area contributed by atoms with E-state index in [1.807, 2.05) is 31.2 Å². The Kier molecular flexibility index (Phi) is 4.16. The third-order valence-corrected chi connectivity index (χ3v) is 7.24. The predicted octanol–water partition coefficient (Wildman–Crippen LogP) is 3.61. The van der Waals surface area contributed by atoms with Crippen molar-refractivity contribution in [2.24, 2.45) is 0 Å². The second-order valence-corrected chi connectivity index (χ2v) is 9.24. The van der Waals surface area contributed by atoms with E-state index in [-0.39, 0.29) is 0 Å². The molecule has 1 aromatic heterocycles. The van der Waals surface area contributed by atoms with Crippen molar-refractivity contribution in [1.82, 2.24) is 8.87 Å². The number of aryl methyl sites for hydroxylation is 2. The minimum atomic E-state index is -3.59. The summed E-state index contributed by atoms with van der Waals surface area (Å²) in [4.78, 5) is 2.59. The quantitative estimate of drug-likeness (QED) is 0.709. The lowest BCUT2D eigenvalue weighted by Gasteiger charge is -2.30. The molecular weight excluding hydrogens is 344 g/mol. The van der Waals surface area contributed by atoms with Crippen molar-refractivity contribution >= 4 is 20.9 Å². The zero-order valence-electron chi connectivity index (χ0n) is 15.4. The molecule has 0 bridgehead atoms. The average Bonchev–Trinajstić information content (AvgIpc) is 3.07. The summed E-state index contributed by atoms with van der Waals surface area (Å²) in [7, 11) is 0.639. The lowest BCUT2D eigenvalue weighted by Crippen LogP contribution is -2.33. The van der Waals surface area contributed by atoms with Gasteiger partial charge in [0.25, 0.3) is 10.0 Å². The smallest absolute Gasteiger partial charge is 0.268 e. The third kappa shape index (κ3) is 2.75. The number of rotatable bonds is 3. The van der Waals surface area contributed by atoms with E-state index < -0.39 is 10.0 Å². The molecule has 3 aromatic rings. The summed E-state index contributed by atoms with van der Waals surface area (Å²) in [6, 6.07) is 13.5. The Labute approximate surface area is 155 Å². The van der Waals surface area contributed by atoms with Crippen molar-refractivity contribution in [2.75, 3.05) is 14.1 Å². The van der Waals surface area contributed by atoms with Crippen molar-refractivity contribution in [2.45, 2.75) is 37.1 Å². The molecule has 0 spiro atoms. The van der Waals surface area contributed by atoms with Gasteiger partial charge in [0, 0.05) is 17.6 Å². The van der Waals surface area contributed by atoms with E-state index in [0.29, 0.717) is 10.9 Å². The molecule has 1 unspecified atom stereocenters. The molecule has 1 atom stereocenters. The largest absolute Gasteiger partial charge is 0.306 e. The van der Waals surface area contributed by atoms with Crippen LogP contribution >= 0.6 is 0 Å². The normalized spacial score (nSPS) is 17.6. The lowest BCUT2D eigenvalue weighted by atomic mass is 9.86. The van der Waals surface area contributed by atoms with Gasteiger partial charge in [-0.15, -0.1) is 0 Å². The number of benzene rings is 2. The third-order valence-electron chi connectivity index (χ3n) is 5.54. The molecule has 0 fully saturated rings. The molecule has 0 amide bonds. The molecule has 0 aliphatic heterocycles. The Bertz CT molecular complexity index is 1060. The van der Waals surface area contributed by atoms with Crippen LogP contribution in [0.5, 0.6) is 0 Å². The van der Waals surface area contributed by atoms with Crippen LogP contribution in [0.1, 0.15) is 23.1 Å². The summed E-state index contributed by atoms with van der Waals surface area (Å²) in [6.45, 7) is 1.95. The van der Waals surface area contributed by atoms with Gasteiger partial charge in [-0.1, -0.05) is 23.8 Å². The summed E-state index contributed by atoms with van der Waals surface area (Å²) in [5.74, 6) is 0. The first-order valence-corrected chi connectivity index (χ1v) is 10.4. The zero-order chi connectivity index (χ0) is 18.5. The van der Waals surface area contributed by atoms with Crippen LogP contribution in [0, 0.1) is 6.92 Å². The Morgan fingerprint density at radius 2 is 1.77 bits per heavy atom. The minimum absolute atomic E-state index is 0.324. The van der Waals surface area contributed by atoms with E-state index in [4.69, 9.17) is 0 Å². The molecule has 0 saturated heterocycles. The summed E-state index contributed by atoms with van der Waals surface area (Å²) >= 11 is 0. The fourth-order valence-corrected chi connectivity index (χ4v) is 5.25. The van der Waals surface area contributed by atoms with Gasteiger partial charge < -0.3 is 4.90 Å². The second kappa shape index (κ2) is 6.25. The van der Waals surface area contributed by atoms with Gasteiger partial charge in [0.1, 0.15) is 0 Å². The Morgan fingerprint density at radius 3 is 2.46 bits per heavy atom. The van der Waals surface area contributed by atoms with Crippen LogP contribution in [0.15, 0.2) is 53.6 Å². The van der Waals surface area contributed by atoms with Crippen LogP contribution in [0.4, 0.5) is 0 Å². The van der Waals surface area contributed by atoms with Crippen LogP contribution in [0.25, 0.3) is 10.9 Å². The van der Waals surface area contributed by atoms with Crippen LogP contribution in [-0.2, 0) is 22.9 Å². The van der Waals surface area contributed by atoms with Crippen molar-refractivity contribution < 1.29 is 8.42 Å². The predicted molar refractivity (Wildman–Crippen MR) is 105 cm³/mol. The summed E-state index contributed by atoms with van der Waals surface area (Å²) in [6.07, 6.45) is 4.85. The van der Waals surface area contributed by atoms with Gasteiger partial charge in [-0.25, -0.2) is 12.4 Å². The summed E-state index contributed by atoms with van der Waals surface area (Å²) < 4.78 is 27.7. The van der Waals surface area contributed by atoms with E-state index in [0.717, 1.165) is 35.7 Å². The first-order valence-electron chi connectivity index (χ1n) is 8.98. The van der Waals surface area contributed by atoms with Gasteiger partial charge in [-0.05, 0) is 75.7 Å². The molecule has 4 nitrogen and oxygen atoms in total. The van der Waals surface area contributed by atoms with E-state index >= 15 is 0 Å². The molecule has 0 saturated carbocycles. The number of likely N-dealkylation sites (N-methyl/N-ethyl adjacent to an activating group) is 1. The number of hydrogen-bond donors (Lipinski definition) is 0. The fraction of sp³-hybridized carbons (Fsp3) is 0.333. The molecule has 0 radical (unpaired) electrons. The number of nitrogens with zero attached hydrogens (tertiary/aromatic N) is 2. The average molecular weight is 369 g/mol. The van der Waals surface area contributed by atoms with Crippen LogP contribution in [0.2, 0.25) is 0 Å². The van der Waals surface area contributed by atoms with Crippen LogP contribution < -0.4 is 0 Å². The fourth-order valence-electron chi connectivity index (χ4n) is 3.91. The molecule has 4 rings (SSSR count). The summed E-state index contributed by atoms with van der Waals surface area (Å²) in [5, 5.41) is 1.06. The van der Waals surface area contributed by atoms with E-state index in [2.05, 4.69) is 25.1 Å². The Balaban J connectivity index is 1.84.